The molecule has 0 heterocycles. The molecule has 0 aliphatic heterocycles. The number of nitriles is 1. The molecule has 0 bridgehead atoms. The molecule has 2 aromatic carbocycles. The quantitative estimate of drug-likeness (QED) is 0.667. The summed E-state index contributed by atoms with van der Waals surface area (Å²) in [5.41, 5.74) is 2.73. The molecule has 0 aliphatic rings. The van der Waals surface area contributed by atoms with Gasteiger partial charge in [0.1, 0.15) is 11.8 Å². The fourth-order valence-corrected chi connectivity index (χ4v) is 2.37. The summed E-state index contributed by atoms with van der Waals surface area (Å²) in [6.45, 7) is 3.93. The van der Waals surface area contributed by atoms with E-state index in [1.807, 2.05) is 38.1 Å². The summed E-state index contributed by atoms with van der Waals surface area (Å²) in [5.74, 6) is 0.746. The van der Waals surface area contributed by atoms with Gasteiger partial charge in [-0.25, -0.2) is 0 Å². The first-order chi connectivity index (χ1) is 11.0. The lowest BCUT2D eigenvalue weighted by atomic mass is 10.0. The highest BCUT2D eigenvalue weighted by Crippen LogP contribution is 2.30. The zero-order valence-corrected chi connectivity index (χ0v) is 13.2. The largest absolute Gasteiger partial charge is 0.496 e. The van der Waals surface area contributed by atoms with E-state index in [-0.39, 0.29) is 17.3 Å². The molecule has 6 nitrogen and oxygen atoms in total. The molecule has 0 fully saturated rings. The fourth-order valence-electron chi connectivity index (χ4n) is 2.37. The standard InChI is InChI=1S/C17H17N3O3/c1-11-4-7-17(23-3)15(8-11)12(2)19-16-6-5-14(20(21)22)9-13(16)10-18/h4-9,12,19H,1-3H3/t12-/m0/s1. The molecule has 6 heteroatoms. The van der Waals surface area contributed by atoms with Gasteiger partial charge in [0.2, 0.25) is 0 Å². The molecule has 0 amide bonds. The number of non-ortho nitro benzene ring substituents is 1. The van der Waals surface area contributed by atoms with Crippen molar-refractivity contribution in [1.82, 2.24) is 0 Å². The highest BCUT2D eigenvalue weighted by atomic mass is 16.6. The lowest BCUT2D eigenvalue weighted by Crippen LogP contribution is -2.09. The lowest BCUT2D eigenvalue weighted by Gasteiger charge is -2.19. The maximum atomic E-state index is 10.8. The van der Waals surface area contributed by atoms with Gasteiger partial charge in [0.25, 0.3) is 5.69 Å². The number of nitro groups is 1. The second kappa shape index (κ2) is 6.79. The lowest BCUT2D eigenvalue weighted by molar-refractivity contribution is -0.384. The van der Waals surface area contributed by atoms with Crippen molar-refractivity contribution in [3.05, 3.63) is 63.2 Å². The van der Waals surface area contributed by atoms with E-state index in [0.29, 0.717) is 5.69 Å². The van der Waals surface area contributed by atoms with E-state index in [4.69, 9.17) is 4.74 Å². The van der Waals surface area contributed by atoms with Crippen LogP contribution in [0.15, 0.2) is 36.4 Å². The molecule has 0 saturated heterocycles. The zero-order chi connectivity index (χ0) is 17.0. The fraction of sp³-hybridized carbons (Fsp3) is 0.235. The first kappa shape index (κ1) is 16.3. The highest BCUT2D eigenvalue weighted by Gasteiger charge is 2.15. The SMILES string of the molecule is COc1ccc(C)cc1[C@H](C)Nc1ccc([N+](=O)[O-])cc1C#N. The van der Waals surface area contributed by atoms with Crippen LogP contribution in [0, 0.1) is 28.4 Å². The molecule has 0 spiro atoms. The molecule has 2 aromatic rings. The van der Waals surface area contributed by atoms with Gasteiger partial charge >= 0.3 is 0 Å². The molecule has 0 aliphatic carbocycles. The summed E-state index contributed by atoms with van der Waals surface area (Å²) < 4.78 is 5.37. The van der Waals surface area contributed by atoms with Crippen LogP contribution in [0.25, 0.3) is 0 Å². The topological polar surface area (TPSA) is 88.2 Å². The van der Waals surface area contributed by atoms with Crippen LogP contribution < -0.4 is 10.1 Å². The first-order valence-electron chi connectivity index (χ1n) is 7.06. The maximum absolute atomic E-state index is 10.8. The highest BCUT2D eigenvalue weighted by molar-refractivity contribution is 5.62. The average molecular weight is 311 g/mol. The van der Waals surface area contributed by atoms with Gasteiger partial charge in [-0.05, 0) is 26.0 Å². The van der Waals surface area contributed by atoms with Crippen molar-refractivity contribution in [2.45, 2.75) is 19.9 Å². The van der Waals surface area contributed by atoms with Crippen molar-refractivity contribution in [1.29, 1.82) is 5.26 Å². The first-order valence-corrected chi connectivity index (χ1v) is 7.06. The van der Waals surface area contributed by atoms with E-state index >= 15 is 0 Å². The van der Waals surface area contributed by atoms with Crippen LogP contribution in [0.2, 0.25) is 0 Å². The van der Waals surface area contributed by atoms with E-state index in [1.54, 1.807) is 13.2 Å². The van der Waals surface area contributed by atoms with Gasteiger partial charge in [0.15, 0.2) is 0 Å². The predicted octanol–water partition coefficient (Wildman–Crippen LogP) is 3.96. The normalized spacial score (nSPS) is 11.4. The Morgan fingerprint density at radius 2 is 2.04 bits per heavy atom. The predicted molar refractivity (Wildman–Crippen MR) is 87.6 cm³/mol. The Hall–Kier alpha value is -3.07. The summed E-state index contributed by atoms with van der Waals surface area (Å²) >= 11 is 0. The summed E-state index contributed by atoms with van der Waals surface area (Å²) in [5, 5.41) is 23.2. The number of anilines is 1. The smallest absolute Gasteiger partial charge is 0.270 e. The molecular weight excluding hydrogens is 294 g/mol. The number of aryl methyl sites for hydroxylation is 1. The minimum Gasteiger partial charge on any atom is -0.496 e. The van der Waals surface area contributed by atoms with Gasteiger partial charge in [0.05, 0.1) is 29.3 Å². The van der Waals surface area contributed by atoms with Gasteiger partial charge in [-0.2, -0.15) is 5.26 Å². The number of nitrogens with zero attached hydrogens (tertiary/aromatic N) is 2. The third-order valence-corrected chi connectivity index (χ3v) is 3.56. The van der Waals surface area contributed by atoms with Gasteiger partial charge in [-0.3, -0.25) is 10.1 Å². The number of hydrogen-bond acceptors (Lipinski definition) is 5. The molecule has 0 aromatic heterocycles. The number of nitrogens with one attached hydrogen (secondary N) is 1. The average Bonchev–Trinajstić information content (AvgIpc) is 2.54. The van der Waals surface area contributed by atoms with Crippen LogP contribution in [0.3, 0.4) is 0 Å². The van der Waals surface area contributed by atoms with Crippen LogP contribution in [-0.4, -0.2) is 12.0 Å². The Morgan fingerprint density at radius 3 is 2.65 bits per heavy atom. The van der Waals surface area contributed by atoms with E-state index in [2.05, 4.69) is 5.32 Å². The van der Waals surface area contributed by atoms with Crippen molar-refractivity contribution < 1.29 is 9.66 Å². The van der Waals surface area contributed by atoms with E-state index in [9.17, 15) is 15.4 Å². The summed E-state index contributed by atoms with van der Waals surface area (Å²) in [6, 6.07) is 11.9. The van der Waals surface area contributed by atoms with Crippen LogP contribution in [0.5, 0.6) is 5.75 Å². The second-order valence-corrected chi connectivity index (χ2v) is 5.21. The summed E-state index contributed by atoms with van der Waals surface area (Å²) in [7, 11) is 1.60. The molecule has 0 unspecified atom stereocenters. The van der Waals surface area contributed by atoms with E-state index in [0.717, 1.165) is 16.9 Å². The number of nitro benzene ring substituents is 1. The number of hydrogen-bond donors (Lipinski definition) is 1. The summed E-state index contributed by atoms with van der Waals surface area (Å²) in [6.07, 6.45) is 0. The minimum atomic E-state index is -0.516. The van der Waals surface area contributed by atoms with Gasteiger partial charge in [-0.15, -0.1) is 0 Å². The Balaban J connectivity index is 2.34. The van der Waals surface area contributed by atoms with Gasteiger partial charge in [0, 0.05) is 17.7 Å². The number of rotatable bonds is 5. The third kappa shape index (κ3) is 3.58. The Labute approximate surface area is 134 Å². The Bertz CT molecular complexity index is 781. The Kier molecular flexibility index (Phi) is 4.82. The minimum absolute atomic E-state index is 0.104. The molecular formula is C17H17N3O3. The molecule has 118 valence electrons. The van der Waals surface area contributed by atoms with Gasteiger partial charge < -0.3 is 10.1 Å². The van der Waals surface area contributed by atoms with Crippen molar-refractivity contribution >= 4 is 11.4 Å². The molecule has 23 heavy (non-hydrogen) atoms. The number of ether oxygens (including phenoxy) is 1. The third-order valence-electron chi connectivity index (χ3n) is 3.56. The monoisotopic (exact) mass is 311 g/mol. The van der Waals surface area contributed by atoms with Crippen LogP contribution in [0.4, 0.5) is 11.4 Å². The van der Waals surface area contributed by atoms with Crippen molar-refractivity contribution in [2.75, 3.05) is 12.4 Å². The molecule has 0 saturated carbocycles. The van der Waals surface area contributed by atoms with Crippen LogP contribution >= 0.6 is 0 Å². The number of benzene rings is 2. The number of methoxy groups -OCH3 is 1. The molecule has 1 N–H and O–H groups in total. The summed E-state index contributed by atoms with van der Waals surface area (Å²) in [4.78, 5) is 10.3. The molecule has 0 radical (unpaired) electrons. The molecule has 2 rings (SSSR count). The van der Waals surface area contributed by atoms with E-state index < -0.39 is 4.92 Å². The van der Waals surface area contributed by atoms with Crippen LogP contribution in [-0.2, 0) is 0 Å². The van der Waals surface area contributed by atoms with Crippen molar-refractivity contribution in [3.8, 4) is 11.8 Å². The van der Waals surface area contributed by atoms with Crippen LogP contribution in [0.1, 0.15) is 29.7 Å². The second-order valence-electron chi connectivity index (χ2n) is 5.21. The van der Waals surface area contributed by atoms with Gasteiger partial charge in [-0.1, -0.05) is 17.7 Å². The van der Waals surface area contributed by atoms with Crippen molar-refractivity contribution in [3.63, 3.8) is 0 Å². The van der Waals surface area contributed by atoms with E-state index in [1.165, 1.54) is 12.1 Å². The zero-order valence-electron chi connectivity index (χ0n) is 13.2. The van der Waals surface area contributed by atoms with Crippen molar-refractivity contribution in [2.24, 2.45) is 0 Å². The Morgan fingerprint density at radius 1 is 1.30 bits per heavy atom. The molecule has 1 atom stereocenters. The maximum Gasteiger partial charge on any atom is 0.270 e.